The molecule has 0 aliphatic heterocycles. The lowest BCUT2D eigenvalue weighted by molar-refractivity contribution is 0.0697. The molecule has 0 spiro atoms. The number of fused-ring (bicyclic) bond motifs is 1. The number of carbonyl (C=O) groups is 1. The van der Waals surface area contributed by atoms with E-state index in [1.54, 1.807) is 6.07 Å². The molecule has 0 saturated heterocycles. The van der Waals surface area contributed by atoms with Gasteiger partial charge >= 0.3 is 5.97 Å². The second-order valence-corrected chi connectivity index (χ2v) is 6.50. The lowest BCUT2D eigenvalue weighted by Crippen LogP contribution is -2.12. The van der Waals surface area contributed by atoms with Gasteiger partial charge < -0.3 is 9.52 Å². The first-order chi connectivity index (χ1) is 12.1. The van der Waals surface area contributed by atoms with Crippen LogP contribution in [0.1, 0.15) is 52.4 Å². The van der Waals surface area contributed by atoms with Crippen molar-refractivity contribution in [2.24, 2.45) is 0 Å². The molecule has 2 aromatic carbocycles. The molecule has 3 aromatic rings. The molecule has 1 fully saturated rings. The zero-order valence-electron chi connectivity index (χ0n) is 13.9. The first-order valence-corrected chi connectivity index (χ1v) is 8.48. The molecular formula is C21H18O4. The Balaban J connectivity index is 1.81. The van der Waals surface area contributed by atoms with Crippen LogP contribution in [0, 0.1) is 0 Å². The fraction of sp³-hybridized carbons (Fsp3) is 0.238. The lowest BCUT2D eigenvalue weighted by Gasteiger charge is -2.09. The Labute approximate surface area is 144 Å². The highest BCUT2D eigenvalue weighted by Crippen LogP contribution is 2.55. The molecule has 0 radical (unpaired) electrons. The van der Waals surface area contributed by atoms with Crippen molar-refractivity contribution in [2.45, 2.75) is 31.6 Å². The van der Waals surface area contributed by atoms with Crippen LogP contribution in [-0.4, -0.2) is 11.1 Å². The van der Waals surface area contributed by atoms with Crippen LogP contribution in [0.5, 0.6) is 0 Å². The third kappa shape index (κ3) is 2.64. The van der Waals surface area contributed by atoms with Crippen LogP contribution in [0.25, 0.3) is 11.0 Å². The summed E-state index contributed by atoms with van der Waals surface area (Å²) < 4.78 is 6.08. The fourth-order valence-corrected chi connectivity index (χ4v) is 3.57. The Morgan fingerprint density at radius 1 is 1.16 bits per heavy atom. The number of carboxylic acid groups (broad SMARTS) is 1. The third-order valence-corrected chi connectivity index (χ3v) is 4.97. The maximum Gasteiger partial charge on any atom is 0.335 e. The molecule has 0 amide bonds. The van der Waals surface area contributed by atoms with Crippen molar-refractivity contribution in [1.29, 1.82) is 0 Å². The van der Waals surface area contributed by atoms with Crippen molar-refractivity contribution >= 4 is 16.9 Å². The third-order valence-electron chi connectivity index (χ3n) is 4.97. The van der Waals surface area contributed by atoms with Gasteiger partial charge in [-0.1, -0.05) is 37.3 Å². The molecular weight excluding hydrogens is 316 g/mol. The van der Waals surface area contributed by atoms with Crippen molar-refractivity contribution in [1.82, 2.24) is 0 Å². The van der Waals surface area contributed by atoms with Crippen LogP contribution in [0.4, 0.5) is 0 Å². The van der Waals surface area contributed by atoms with Crippen LogP contribution in [-0.2, 0) is 6.42 Å². The van der Waals surface area contributed by atoms with Crippen molar-refractivity contribution in [3.63, 3.8) is 0 Å². The van der Waals surface area contributed by atoms with Crippen molar-refractivity contribution < 1.29 is 14.3 Å². The van der Waals surface area contributed by atoms with Crippen molar-refractivity contribution in [2.75, 3.05) is 0 Å². The summed E-state index contributed by atoms with van der Waals surface area (Å²) >= 11 is 0. The summed E-state index contributed by atoms with van der Waals surface area (Å²) in [4.78, 5) is 24.0. The number of benzene rings is 2. The first-order valence-electron chi connectivity index (χ1n) is 8.48. The summed E-state index contributed by atoms with van der Waals surface area (Å²) in [6, 6.07) is 14.7. The molecule has 0 bridgehead atoms. The standard InChI is InChI=1S/C21H18O4/c1-2-14-19(22)17-10-13(21(23)24)8-9-18(17)25-20(14)16-11-15(16)12-6-4-3-5-7-12/h3-10,15-16H,2,11H2,1H3,(H,23,24). The predicted molar refractivity (Wildman–Crippen MR) is 95.4 cm³/mol. The van der Waals surface area contributed by atoms with E-state index in [-0.39, 0.29) is 16.9 Å². The molecule has 4 rings (SSSR count). The highest BCUT2D eigenvalue weighted by atomic mass is 16.4. The topological polar surface area (TPSA) is 67.5 Å². The number of hydrogen-bond acceptors (Lipinski definition) is 3. The second kappa shape index (κ2) is 5.88. The van der Waals surface area contributed by atoms with E-state index < -0.39 is 5.97 Å². The zero-order chi connectivity index (χ0) is 17.6. The van der Waals surface area contributed by atoms with E-state index in [1.165, 1.54) is 17.7 Å². The van der Waals surface area contributed by atoms with E-state index in [1.807, 2.05) is 25.1 Å². The van der Waals surface area contributed by atoms with Crippen LogP contribution >= 0.6 is 0 Å². The normalized spacial score (nSPS) is 19.1. The summed E-state index contributed by atoms with van der Waals surface area (Å²) in [6.07, 6.45) is 1.54. The molecule has 1 aliphatic rings. The van der Waals surface area contributed by atoms with Gasteiger partial charge in [0, 0.05) is 11.5 Å². The average molecular weight is 334 g/mol. The minimum atomic E-state index is -1.05. The average Bonchev–Trinajstić information content (AvgIpc) is 3.42. The molecule has 25 heavy (non-hydrogen) atoms. The summed E-state index contributed by atoms with van der Waals surface area (Å²) in [7, 11) is 0. The predicted octanol–water partition coefficient (Wildman–Crippen LogP) is 4.32. The van der Waals surface area contributed by atoms with E-state index in [2.05, 4.69) is 12.1 Å². The molecule has 2 unspecified atom stereocenters. The van der Waals surface area contributed by atoms with E-state index in [4.69, 9.17) is 9.52 Å². The quantitative estimate of drug-likeness (QED) is 0.771. The summed E-state index contributed by atoms with van der Waals surface area (Å²) in [5.41, 5.74) is 2.38. The number of hydrogen-bond donors (Lipinski definition) is 1. The molecule has 2 atom stereocenters. The monoisotopic (exact) mass is 334 g/mol. The number of carboxylic acids is 1. The van der Waals surface area contributed by atoms with Gasteiger partial charge in [0.1, 0.15) is 11.3 Å². The molecule has 1 heterocycles. The SMILES string of the molecule is CCc1c(C2CC2c2ccccc2)oc2ccc(C(=O)O)cc2c1=O. The molecule has 126 valence electrons. The molecule has 1 aliphatic carbocycles. The van der Waals surface area contributed by atoms with E-state index in [0.717, 1.165) is 12.2 Å². The van der Waals surface area contributed by atoms with Crippen LogP contribution in [0.2, 0.25) is 0 Å². The summed E-state index contributed by atoms with van der Waals surface area (Å²) in [6.45, 7) is 1.93. The number of aromatic carboxylic acids is 1. The van der Waals surface area contributed by atoms with Gasteiger partial charge in [-0.3, -0.25) is 4.79 Å². The van der Waals surface area contributed by atoms with E-state index >= 15 is 0 Å². The van der Waals surface area contributed by atoms with Gasteiger partial charge in [-0.15, -0.1) is 0 Å². The minimum absolute atomic E-state index is 0.100. The maximum atomic E-state index is 12.9. The minimum Gasteiger partial charge on any atom is -0.478 e. The van der Waals surface area contributed by atoms with Crippen LogP contribution in [0.15, 0.2) is 57.7 Å². The fourth-order valence-electron chi connectivity index (χ4n) is 3.57. The van der Waals surface area contributed by atoms with E-state index in [9.17, 15) is 9.59 Å². The van der Waals surface area contributed by atoms with Crippen molar-refractivity contribution in [3.05, 3.63) is 81.2 Å². The zero-order valence-corrected chi connectivity index (χ0v) is 13.9. The highest BCUT2D eigenvalue weighted by molar-refractivity contribution is 5.92. The van der Waals surface area contributed by atoms with Gasteiger partial charge in [0.2, 0.25) is 0 Å². The van der Waals surface area contributed by atoms with Gasteiger partial charge in [0.05, 0.1) is 10.9 Å². The Morgan fingerprint density at radius 3 is 2.60 bits per heavy atom. The van der Waals surface area contributed by atoms with Gasteiger partial charge in [-0.2, -0.15) is 0 Å². The highest BCUT2D eigenvalue weighted by Gasteiger charge is 2.43. The molecule has 1 aromatic heterocycles. The Hall–Kier alpha value is -2.88. The molecule has 1 N–H and O–H groups in total. The smallest absolute Gasteiger partial charge is 0.335 e. The van der Waals surface area contributed by atoms with Gasteiger partial charge in [-0.25, -0.2) is 4.79 Å². The Bertz CT molecular complexity index is 1020. The van der Waals surface area contributed by atoms with Crippen molar-refractivity contribution in [3.8, 4) is 0 Å². The molecule has 4 heteroatoms. The second-order valence-electron chi connectivity index (χ2n) is 6.50. The summed E-state index contributed by atoms with van der Waals surface area (Å²) in [5.74, 6) is 0.311. The Morgan fingerprint density at radius 2 is 1.92 bits per heavy atom. The van der Waals surface area contributed by atoms with Gasteiger partial charge in [0.25, 0.3) is 0 Å². The van der Waals surface area contributed by atoms with E-state index in [0.29, 0.717) is 28.9 Å². The lowest BCUT2D eigenvalue weighted by atomic mass is 10.0. The largest absolute Gasteiger partial charge is 0.478 e. The Kier molecular flexibility index (Phi) is 3.68. The molecule has 4 nitrogen and oxygen atoms in total. The summed E-state index contributed by atoms with van der Waals surface area (Å²) in [5, 5.41) is 9.49. The first kappa shape index (κ1) is 15.6. The number of rotatable bonds is 4. The van der Waals surface area contributed by atoms with Crippen LogP contribution in [0.3, 0.4) is 0 Å². The van der Waals surface area contributed by atoms with Crippen LogP contribution < -0.4 is 5.43 Å². The molecule has 1 saturated carbocycles. The van der Waals surface area contributed by atoms with Gasteiger partial charge in [0.15, 0.2) is 5.43 Å². The maximum absolute atomic E-state index is 12.9. The van der Waals surface area contributed by atoms with Gasteiger partial charge in [-0.05, 0) is 42.5 Å².